The van der Waals surface area contributed by atoms with E-state index in [1.165, 1.54) is 0 Å². The molecule has 0 aliphatic carbocycles. The van der Waals surface area contributed by atoms with Crippen LogP contribution in [0.5, 0.6) is 0 Å². The third-order valence-corrected chi connectivity index (χ3v) is 7.27. The Labute approximate surface area is 116 Å². The summed E-state index contributed by atoms with van der Waals surface area (Å²) < 4.78 is 26.3. The van der Waals surface area contributed by atoms with Crippen molar-refractivity contribution in [3.05, 3.63) is 0 Å². The molecule has 0 spiro atoms. The molecule has 1 rings (SSSR count). The van der Waals surface area contributed by atoms with Gasteiger partial charge in [-0.1, -0.05) is 20.8 Å². The largest absolute Gasteiger partial charge is 0.329 e. The van der Waals surface area contributed by atoms with E-state index >= 15 is 0 Å². The lowest BCUT2D eigenvalue weighted by Crippen LogP contribution is -2.49. The third-order valence-electron chi connectivity index (χ3n) is 3.45. The molecule has 0 saturated carbocycles. The minimum atomic E-state index is -3.12. The standard InChI is InChI=1S/C12H26N2O2S2/c1-11(2,3)10-18(15,16)14-7-5-12(9-13,17-4)6-8-14/h5-10,13H2,1-4H3. The number of thioether (sulfide) groups is 1. The second kappa shape index (κ2) is 5.69. The van der Waals surface area contributed by atoms with Gasteiger partial charge in [-0.15, -0.1) is 0 Å². The summed E-state index contributed by atoms with van der Waals surface area (Å²) in [6.45, 7) is 7.72. The van der Waals surface area contributed by atoms with Gasteiger partial charge in [0.1, 0.15) is 0 Å². The van der Waals surface area contributed by atoms with Gasteiger partial charge in [0.05, 0.1) is 5.75 Å². The lowest BCUT2D eigenvalue weighted by molar-refractivity contribution is 0.296. The van der Waals surface area contributed by atoms with Gasteiger partial charge in [-0.2, -0.15) is 11.8 Å². The van der Waals surface area contributed by atoms with Crippen LogP contribution in [0.4, 0.5) is 0 Å². The Balaban J connectivity index is 2.68. The zero-order valence-electron chi connectivity index (χ0n) is 11.9. The number of rotatable bonds is 4. The molecule has 0 aromatic rings. The summed E-state index contributed by atoms with van der Waals surface area (Å²) in [5.41, 5.74) is 5.62. The normalized spacial score (nSPS) is 22.1. The van der Waals surface area contributed by atoms with Crippen LogP contribution in [-0.2, 0) is 10.0 Å². The number of piperidine rings is 1. The fourth-order valence-electron chi connectivity index (χ4n) is 2.30. The number of nitrogens with two attached hydrogens (primary N) is 1. The highest BCUT2D eigenvalue weighted by atomic mass is 32.2. The molecule has 0 atom stereocenters. The number of sulfonamides is 1. The summed E-state index contributed by atoms with van der Waals surface area (Å²) in [6, 6.07) is 0. The first kappa shape index (κ1) is 16.3. The van der Waals surface area contributed by atoms with E-state index < -0.39 is 10.0 Å². The molecule has 1 fully saturated rings. The Hall–Kier alpha value is 0.220. The lowest BCUT2D eigenvalue weighted by atomic mass is 9.97. The minimum Gasteiger partial charge on any atom is -0.329 e. The van der Waals surface area contributed by atoms with Crippen molar-refractivity contribution in [3.63, 3.8) is 0 Å². The monoisotopic (exact) mass is 294 g/mol. The van der Waals surface area contributed by atoms with Crippen molar-refractivity contribution in [1.82, 2.24) is 4.31 Å². The predicted molar refractivity (Wildman–Crippen MR) is 79.3 cm³/mol. The Bertz CT molecular complexity index is 360. The van der Waals surface area contributed by atoms with E-state index in [9.17, 15) is 8.42 Å². The molecule has 108 valence electrons. The zero-order valence-corrected chi connectivity index (χ0v) is 13.5. The van der Waals surface area contributed by atoms with Crippen molar-refractivity contribution >= 4 is 21.8 Å². The minimum absolute atomic E-state index is 0.0771. The molecular weight excluding hydrogens is 268 g/mol. The first-order chi connectivity index (χ1) is 8.14. The molecule has 0 radical (unpaired) electrons. The average molecular weight is 294 g/mol. The second-order valence-electron chi connectivity index (χ2n) is 6.31. The van der Waals surface area contributed by atoms with E-state index in [0.717, 1.165) is 12.8 Å². The van der Waals surface area contributed by atoms with Gasteiger partial charge in [-0.05, 0) is 24.5 Å². The van der Waals surface area contributed by atoms with Gasteiger partial charge in [-0.25, -0.2) is 12.7 Å². The maximum Gasteiger partial charge on any atom is 0.214 e. The van der Waals surface area contributed by atoms with Gasteiger partial charge < -0.3 is 5.73 Å². The second-order valence-corrected chi connectivity index (χ2v) is 9.55. The van der Waals surface area contributed by atoms with E-state index in [1.807, 2.05) is 20.8 Å². The fourth-order valence-corrected chi connectivity index (χ4v) is 5.08. The van der Waals surface area contributed by atoms with Crippen molar-refractivity contribution in [3.8, 4) is 0 Å². The van der Waals surface area contributed by atoms with Crippen LogP contribution in [0.25, 0.3) is 0 Å². The Morgan fingerprint density at radius 2 is 1.78 bits per heavy atom. The summed E-state index contributed by atoms with van der Waals surface area (Å²) in [4.78, 5) is 0. The highest BCUT2D eigenvalue weighted by Crippen LogP contribution is 2.34. The molecule has 6 heteroatoms. The van der Waals surface area contributed by atoms with Crippen LogP contribution in [0.2, 0.25) is 0 Å². The molecule has 1 heterocycles. The van der Waals surface area contributed by atoms with E-state index in [0.29, 0.717) is 19.6 Å². The van der Waals surface area contributed by atoms with E-state index in [4.69, 9.17) is 5.73 Å². The van der Waals surface area contributed by atoms with Crippen LogP contribution in [-0.4, -0.2) is 49.1 Å². The van der Waals surface area contributed by atoms with Crippen molar-refractivity contribution in [2.24, 2.45) is 11.1 Å². The lowest BCUT2D eigenvalue weighted by Gasteiger charge is -2.40. The van der Waals surface area contributed by atoms with Crippen molar-refractivity contribution in [2.45, 2.75) is 38.4 Å². The summed E-state index contributed by atoms with van der Waals surface area (Å²) in [7, 11) is -3.12. The highest BCUT2D eigenvalue weighted by molar-refractivity contribution is 8.00. The first-order valence-electron chi connectivity index (χ1n) is 6.37. The van der Waals surface area contributed by atoms with E-state index in [2.05, 4.69) is 6.26 Å². The van der Waals surface area contributed by atoms with Crippen LogP contribution < -0.4 is 5.73 Å². The molecular formula is C12H26N2O2S2. The Morgan fingerprint density at radius 3 is 2.11 bits per heavy atom. The van der Waals surface area contributed by atoms with Gasteiger partial charge in [0.2, 0.25) is 10.0 Å². The molecule has 1 aliphatic rings. The molecule has 4 nitrogen and oxygen atoms in total. The van der Waals surface area contributed by atoms with Crippen molar-refractivity contribution in [1.29, 1.82) is 0 Å². The van der Waals surface area contributed by atoms with Crippen LogP contribution >= 0.6 is 11.8 Å². The molecule has 0 aromatic heterocycles. The quantitative estimate of drug-likeness (QED) is 0.854. The molecule has 1 saturated heterocycles. The topological polar surface area (TPSA) is 63.4 Å². The van der Waals surface area contributed by atoms with Gasteiger partial charge in [-0.3, -0.25) is 0 Å². The molecule has 0 bridgehead atoms. The SMILES string of the molecule is CSC1(CN)CCN(S(=O)(=O)CC(C)(C)C)CC1. The first-order valence-corrected chi connectivity index (χ1v) is 9.21. The molecule has 1 aliphatic heterocycles. The molecule has 0 unspecified atom stereocenters. The molecule has 18 heavy (non-hydrogen) atoms. The van der Waals surface area contributed by atoms with Crippen molar-refractivity contribution in [2.75, 3.05) is 31.6 Å². The molecule has 0 aromatic carbocycles. The van der Waals surface area contributed by atoms with Crippen LogP contribution in [0.3, 0.4) is 0 Å². The van der Waals surface area contributed by atoms with Crippen LogP contribution in [0, 0.1) is 5.41 Å². The van der Waals surface area contributed by atoms with Gasteiger partial charge >= 0.3 is 0 Å². The number of hydrogen-bond acceptors (Lipinski definition) is 4. The van der Waals surface area contributed by atoms with E-state index in [-0.39, 0.29) is 15.9 Å². The summed E-state index contributed by atoms with van der Waals surface area (Å²) in [5.74, 6) is 0.217. The van der Waals surface area contributed by atoms with Crippen LogP contribution in [0.15, 0.2) is 0 Å². The summed E-state index contributed by atoms with van der Waals surface area (Å²) in [5, 5.41) is 0. The van der Waals surface area contributed by atoms with Gasteiger partial charge in [0.25, 0.3) is 0 Å². The van der Waals surface area contributed by atoms with E-state index in [1.54, 1.807) is 16.1 Å². The maximum absolute atomic E-state index is 12.3. The van der Waals surface area contributed by atoms with Crippen molar-refractivity contribution < 1.29 is 8.42 Å². The fraction of sp³-hybridized carbons (Fsp3) is 1.00. The third kappa shape index (κ3) is 4.11. The summed E-state index contributed by atoms with van der Waals surface area (Å²) >= 11 is 1.77. The average Bonchev–Trinajstić information content (AvgIpc) is 2.26. The molecule has 2 N–H and O–H groups in total. The number of hydrogen-bond donors (Lipinski definition) is 1. The Kier molecular flexibility index (Phi) is 5.14. The van der Waals surface area contributed by atoms with Gasteiger partial charge in [0, 0.05) is 24.4 Å². The Morgan fingerprint density at radius 1 is 1.28 bits per heavy atom. The molecule has 0 amide bonds. The number of nitrogens with zero attached hydrogens (tertiary/aromatic N) is 1. The maximum atomic E-state index is 12.3. The predicted octanol–water partition coefficient (Wildman–Crippen LogP) is 1.52. The zero-order chi connectivity index (χ0) is 14.0. The van der Waals surface area contributed by atoms with Crippen LogP contribution in [0.1, 0.15) is 33.6 Å². The highest BCUT2D eigenvalue weighted by Gasteiger charge is 2.37. The van der Waals surface area contributed by atoms with Gasteiger partial charge in [0.15, 0.2) is 0 Å². The smallest absolute Gasteiger partial charge is 0.214 e. The summed E-state index contributed by atoms with van der Waals surface area (Å²) in [6.07, 6.45) is 3.77.